The molecule has 0 unspecified atom stereocenters. The first-order chi connectivity index (χ1) is 13.7. The van der Waals surface area contributed by atoms with Gasteiger partial charge in [0.05, 0.1) is 11.1 Å². The number of nitrogens with zero attached hydrogens (tertiary/aromatic N) is 2. The van der Waals surface area contributed by atoms with Crippen molar-refractivity contribution < 1.29 is 14.6 Å². The summed E-state index contributed by atoms with van der Waals surface area (Å²) in [6, 6.07) is 12.2. The smallest absolute Gasteiger partial charge is 0.407 e. The van der Waals surface area contributed by atoms with Gasteiger partial charge in [0.2, 0.25) is 0 Å². The van der Waals surface area contributed by atoms with E-state index in [0.717, 1.165) is 5.39 Å². The first-order valence-corrected chi connectivity index (χ1v) is 9.57. The second kappa shape index (κ2) is 8.53. The highest BCUT2D eigenvalue weighted by Gasteiger charge is 2.16. The predicted octanol–water partition coefficient (Wildman–Crippen LogP) is 4.59. The van der Waals surface area contributed by atoms with Crippen LogP contribution in [0.4, 0.5) is 10.6 Å². The molecule has 7 nitrogen and oxygen atoms in total. The number of halogens is 1. The van der Waals surface area contributed by atoms with Crippen LogP contribution in [0.1, 0.15) is 20.8 Å². The summed E-state index contributed by atoms with van der Waals surface area (Å²) >= 11 is 6.12. The van der Waals surface area contributed by atoms with Gasteiger partial charge in [-0.15, -0.1) is 0 Å². The maximum absolute atomic E-state index is 11.8. The van der Waals surface area contributed by atoms with E-state index in [1.165, 1.54) is 0 Å². The zero-order valence-corrected chi connectivity index (χ0v) is 17.2. The van der Waals surface area contributed by atoms with Gasteiger partial charge in [0.25, 0.3) is 0 Å². The molecule has 0 fully saturated rings. The van der Waals surface area contributed by atoms with Crippen LogP contribution in [0.15, 0.2) is 42.5 Å². The van der Waals surface area contributed by atoms with Crippen LogP contribution in [0.25, 0.3) is 22.3 Å². The van der Waals surface area contributed by atoms with Gasteiger partial charge in [0.15, 0.2) is 5.82 Å². The monoisotopic (exact) mass is 414 g/mol. The summed E-state index contributed by atoms with van der Waals surface area (Å²) in [6.07, 6.45) is -0.478. The van der Waals surface area contributed by atoms with Gasteiger partial charge < -0.3 is 20.5 Å². The third-order valence-electron chi connectivity index (χ3n) is 3.89. The van der Waals surface area contributed by atoms with Gasteiger partial charge in [0.1, 0.15) is 17.2 Å². The van der Waals surface area contributed by atoms with Gasteiger partial charge in [-0.25, -0.2) is 14.8 Å². The Hall–Kier alpha value is -3.06. The summed E-state index contributed by atoms with van der Waals surface area (Å²) in [5, 5.41) is 17.4. The van der Waals surface area contributed by atoms with E-state index in [1.807, 2.05) is 26.8 Å². The van der Waals surface area contributed by atoms with Crippen molar-refractivity contribution in [2.24, 2.45) is 0 Å². The predicted molar refractivity (Wildman–Crippen MR) is 114 cm³/mol. The Labute approximate surface area is 174 Å². The molecule has 0 spiro atoms. The topological polar surface area (TPSA) is 96.4 Å². The molecular weight excluding hydrogens is 392 g/mol. The van der Waals surface area contributed by atoms with Gasteiger partial charge >= 0.3 is 6.09 Å². The second-order valence-electron chi connectivity index (χ2n) is 7.43. The number of hydrogen-bond donors (Lipinski definition) is 3. The fourth-order valence-electron chi connectivity index (χ4n) is 2.68. The molecule has 0 aliphatic heterocycles. The van der Waals surface area contributed by atoms with Gasteiger partial charge in [0, 0.05) is 23.5 Å². The Balaban J connectivity index is 1.81. The Morgan fingerprint density at radius 3 is 2.62 bits per heavy atom. The molecule has 0 bridgehead atoms. The van der Waals surface area contributed by atoms with Crippen LogP contribution in [-0.4, -0.2) is 39.9 Å². The minimum Gasteiger partial charge on any atom is -0.507 e. The van der Waals surface area contributed by atoms with Crippen molar-refractivity contribution in [1.29, 1.82) is 0 Å². The maximum Gasteiger partial charge on any atom is 0.407 e. The fraction of sp³-hybridized carbons (Fsp3) is 0.286. The van der Waals surface area contributed by atoms with Crippen molar-refractivity contribution in [3.05, 3.63) is 47.5 Å². The highest BCUT2D eigenvalue weighted by molar-refractivity contribution is 6.31. The van der Waals surface area contributed by atoms with E-state index in [0.29, 0.717) is 40.8 Å². The summed E-state index contributed by atoms with van der Waals surface area (Å²) in [6.45, 7) is 6.20. The van der Waals surface area contributed by atoms with Crippen LogP contribution in [-0.2, 0) is 4.74 Å². The molecule has 3 rings (SSSR count). The molecule has 1 aromatic heterocycles. The number of anilines is 1. The van der Waals surface area contributed by atoms with Crippen LogP contribution < -0.4 is 10.6 Å². The average molecular weight is 415 g/mol. The number of amides is 1. The largest absolute Gasteiger partial charge is 0.507 e. The van der Waals surface area contributed by atoms with Gasteiger partial charge in [-0.2, -0.15) is 0 Å². The zero-order chi connectivity index (χ0) is 21.0. The van der Waals surface area contributed by atoms with Crippen molar-refractivity contribution >= 4 is 34.4 Å². The van der Waals surface area contributed by atoms with Gasteiger partial charge in [-0.3, -0.25) is 0 Å². The highest BCUT2D eigenvalue weighted by atomic mass is 35.5. The molecule has 3 aromatic rings. The van der Waals surface area contributed by atoms with E-state index in [1.54, 1.807) is 36.4 Å². The Morgan fingerprint density at radius 2 is 1.90 bits per heavy atom. The summed E-state index contributed by atoms with van der Waals surface area (Å²) in [5.74, 6) is 1.04. The molecule has 29 heavy (non-hydrogen) atoms. The average Bonchev–Trinajstić information content (AvgIpc) is 2.63. The number of phenols is 1. The van der Waals surface area contributed by atoms with E-state index in [-0.39, 0.29) is 5.75 Å². The Bertz CT molecular complexity index is 1030. The molecule has 0 saturated carbocycles. The second-order valence-corrected chi connectivity index (χ2v) is 7.87. The maximum atomic E-state index is 11.8. The molecule has 0 aliphatic carbocycles. The summed E-state index contributed by atoms with van der Waals surface area (Å²) in [4.78, 5) is 20.9. The summed E-state index contributed by atoms with van der Waals surface area (Å²) in [7, 11) is 0. The summed E-state index contributed by atoms with van der Waals surface area (Å²) in [5.41, 5.74) is 0.615. The van der Waals surface area contributed by atoms with E-state index >= 15 is 0 Å². The van der Waals surface area contributed by atoms with Crippen molar-refractivity contribution in [2.75, 3.05) is 18.4 Å². The number of aromatic hydroxyl groups is 1. The lowest BCUT2D eigenvalue weighted by atomic mass is 10.1. The fourth-order valence-corrected chi connectivity index (χ4v) is 2.85. The summed E-state index contributed by atoms with van der Waals surface area (Å²) < 4.78 is 5.22. The van der Waals surface area contributed by atoms with Crippen LogP contribution in [0.3, 0.4) is 0 Å². The number of para-hydroxylation sites is 1. The first kappa shape index (κ1) is 20.7. The number of alkyl carbamates (subject to hydrolysis) is 1. The SMILES string of the molecule is CC(C)(C)OC(=O)NCCNc1nc(-c2ccccc2O)nc2cc(Cl)ccc12. The minimum atomic E-state index is -0.549. The molecule has 3 N–H and O–H groups in total. The number of aromatic nitrogens is 2. The number of benzene rings is 2. The number of carbonyl (C=O) groups is 1. The Morgan fingerprint density at radius 1 is 1.14 bits per heavy atom. The van der Waals surface area contributed by atoms with Gasteiger partial charge in [-0.1, -0.05) is 23.7 Å². The van der Waals surface area contributed by atoms with Gasteiger partial charge in [-0.05, 0) is 51.1 Å². The number of ether oxygens (including phenoxy) is 1. The van der Waals surface area contributed by atoms with Crippen molar-refractivity contribution in [2.45, 2.75) is 26.4 Å². The van der Waals surface area contributed by atoms with Crippen LogP contribution in [0, 0.1) is 0 Å². The molecular formula is C21H23ClN4O3. The van der Waals surface area contributed by atoms with E-state index in [9.17, 15) is 9.90 Å². The number of carbonyl (C=O) groups excluding carboxylic acids is 1. The molecule has 152 valence electrons. The third-order valence-corrected chi connectivity index (χ3v) is 4.12. The molecule has 8 heteroatoms. The lowest BCUT2D eigenvalue weighted by molar-refractivity contribution is 0.0530. The van der Waals surface area contributed by atoms with Crippen molar-refractivity contribution in [3.8, 4) is 17.1 Å². The molecule has 0 radical (unpaired) electrons. The molecule has 0 aliphatic rings. The quantitative estimate of drug-likeness (QED) is 0.528. The van der Waals surface area contributed by atoms with E-state index in [4.69, 9.17) is 16.3 Å². The molecule has 0 saturated heterocycles. The van der Waals surface area contributed by atoms with Crippen molar-refractivity contribution in [3.63, 3.8) is 0 Å². The van der Waals surface area contributed by atoms with E-state index in [2.05, 4.69) is 20.6 Å². The first-order valence-electron chi connectivity index (χ1n) is 9.19. The van der Waals surface area contributed by atoms with Crippen LogP contribution >= 0.6 is 11.6 Å². The highest BCUT2D eigenvalue weighted by Crippen LogP contribution is 2.30. The molecule has 1 amide bonds. The number of phenolic OH excluding ortho intramolecular Hbond substituents is 1. The molecule has 2 aromatic carbocycles. The van der Waals surface area contributed by atoms with Crippen molar-refractivity contribution in [1.82, 2.24) is 15.3 Å². The lowest BCUT2D eigenvalue weighted by Gasteiger charge is -2.19. The Kier molecular flexibility index (Phi) is 6.08. The number of hydrogen-bond acceptors (Lipinski definition) is 6. The zero-order valence-electron chi connectivity index (χ0n) is 16.5. The lowest BCUT2D eigenvalue weighted by Crippen LogP contribution is -2.35. The third kappa shape index (κ3) is 5.48. The number of rotatable bonds is 5. The number of nitrogens with one attached hydrogen (secondary N) is 2. The minimum absolute atomic E-state index is 0.0893. The molecule has 0 atom stereocenters. The molecule has 1 heterocycles. The number of fused-ring (bicyclic) bond motifs is 1. The van der Waals surface area contributed by atoms with Crippen LogP contribution in [0.2, 0.25) is 5.02 Å². The van der Waals surface area contributed by atoms with Crippen LogP contribution in [0.5, 0.6) is 5.75 Å². The van der Waals surface area contributed by atoms with E-state index < -0.39 is 11.7 Å². The standard InChI is InChI=1S/C21H23ClN4O3/c1-21(2,3)29-20(28)24-11-10-23-18-14-9-8-13(22)12-16(14)25-19(26-18)15-6-4-5-7-17(15)27/h4-9,12,27H,10-11H2,1-3H3,(H,24,28)(H,23,25,26). The normalized spacial score (nSPS) is 11.3.